The Labute approximate surface area is 134 Å². The normalized spacial score (nSPS) is 18.2. The van der Waals surface area contributed by atoms with E-state index in [2.05, 4.69) is 82.6 Å². The van der Waals surface area contributed by atoms with E-state index in [4.69, 9.17) is 0 Å². The molecule has 0 fully saturated rings. The number of halogens is 1. The van der Waals surface area contributed by atoms with E-state index in [0.29, 0.717) is 6.04 Å². The Balaban J connectivity index is 1.90. The molecular formula is C17H19IN2. The van der Waals surface area contributed by atoms with E-state index in [1.807, 2.05) is 0 Å². The molecule has 0 saturated heterocycles. The monoisotopic (exact) mass is 378 g/mol. The van der Waals surface area contributed by atoms with Gasteiger partial charge >= 0.3 is 0 Å². The summed E-state index contributed by atoms with van der Waals surface area (Å²) in [5.74, 6) is 0. The van der Waals surface area contributed by atoms with Crippen LogP contribution < -0.4 is 10.6 Å². The molecule has 0 bridgehead atoms. The van der Waals surface area contributed by atoms with Gasteiger partial charge in [0.15, 0.2) is 0 Å². The van der Waals surface area contributed by atoms with Gasteiger partial charge in [0.25, 0.3) is 0 Å². The molecule has 2 aromatic rings. The van der Waals surface area contributed by atoms with E-state index in [9.17, 15) is 0 Å². The number of rotatable bonds is 2. The summed E-state index contributed by atoms with van der Waals surface area (Å²) in [6.45, 7) is 4.20. The van der Waals surface area contributed by atoms with Crippen molar-refractivity contribution in [2.45, 2.75) is 25.9 Å². The van der Waals surface area contributed by atoms with Gasteiger partial charge in [-0.15, -0.1) is 0 Å². The molecule has 2 N–H and O–H groups in total. The maximum Gasteiger partial charge on any atom is 0.0529 e. The summed E-state index contributed by atoms with van der Waals surface area (Å²) >= 11 is 2.36. The van der Waals surface area contributed by atoms with Crippen molar-refractivity contribution in [3.63, 3.8) is 0 Å². The maximum atomic E-state index is 3.73. The fraction of sp³-hybridized carbons (Fsp3) is 0.294. The first kappa shape index (κ1) is 13.9. The highest BCUT2D eigenvalue weighted by atomic mass is 127. The molecular weight excluding hydrogens is 359 g/mol. The summed E-state index contributed by atoms with van der Waals surface area (Å²) in [5.41, 5.74) is 5.39. The van der Waals surface area contributed by atoms with Crippen molar-refractivity contribution in [1.82, 2.24) is 5.32 Å². The third-order valence-corrected chi connectivity index (χ3v) is 4.54. The third kappa shape index (κ3) is 2.99. The van der Waals surface area contributed by atoms with Gasteiger partial charge in [-0.2, -0.15) is 0 Å². The summed E-state index contributed by atoms with van der Waals surface area (Å²) < 4.78 is 1.29. The highest BCUT2D eigenvalue weighted by Gasteiger charge is 2.18. The van der Waals surface area contributed by atoms with Crippen LogP contribution in [0.3, 0.4) is 0 Å². The van der Waals surface area contributed by atoms with E-state index >= 15 is 0 Å². The Hall–Kier alpha value is -1.07. The molecule has 1 atom stereocenters. The van der Waals surface area contributed by atoms with Gasteiger partial charge < -0.3 is 10.6 Å². The predicted molar refractivity (Wildman–Crippen MR) is 93.0 cm³/mol. The molecule has 104 valence electrons. The van der Waals surface area contributed by atoms with Crippen LogP contribution in [0.25, 0.3) is 0 Å². The molecule has 0 amide bonds. The molecule has 0 saturated carbocycles. The molecule has 0 spiro atoms. The lowest BCUT2D eigenvalue weighted by Gasteiger charge is -2.21. The van der Waals surface area contributed by atoms with E-state index < -0.39 is 0 Å². The first-order chi connectivity index (χ1) is 9.74. The summed E-state index contributed by atoms with van der Waals surface area (Å²) in [6.07, 6.45) is 1.11. The molecule has 2 aromatic carbocycles. The standard InChI is InChI=1S/C17H19IN2/c1-12-10-14(18)6-7-16(12)20-17-8-9-19-11-13-4-2-3-5-15(13)17/h2-7,10,17,19-20H,8-9,11H2,1H3. The smallest absolute Gasteiger partial charge is 0.0529 e. The first-order valence-corrected chi connectivity index (χ1v) is 8.13. The van der Waals surface area contributed by atoms with Crippen LogP contribution in [-0.2, 0) is 6.54 Å². The number of fused-ring (bicyclic) bond motifs is 1. The number of aryl methyl sites for hydroxylation is 1. The van der Waals surface area contributed by atoms with Gasteiger partial charge in [-0.25, -0.2) is 0 Å². The Morgan fingerprint density at radius 2 is 2.05 bits per heavy atom. The summed E-state index contributed by atoms with van der Waals surface area (Å²) in [4.78, 5) is 0. The van der Waals surface area contributed by atoms with Crippen LogP contribution in [0.2, 0.25) is 0 Å². The Morgan fingerprint density at radius 3 is 2.90 bits per heavy atom. The van der Waals surface area contributed by atoms with Crippen LogP contribution >= 0.6 is 22.6 Å². The van der Waals surface area contributed by atoms with E-state index in [-0.39, 0.29) is 0 Å². The second kappa shape index (κ2) is 6.14. The van der Waals surface area contributed by atoms with Gasteiger partial charge in [0.05, 0.1) is 6.04 Å². The zero-order valence-corrected chi connectivity index (χ0v) is 13.8. The zero-order chi connectivity index (χ0) is 13.9. The van der Waals surface area contributed by atoms with Crippen molar-refractivity contribution in [3.05, 3.63) is 62.7 Å². The van der Waals surface area contributed by atoms with Gasteiger partial charge in [0.1, 0.15) is 0 Å². The van der Waals surface area contributed by atoms with Crippen LogP contribution in [0, 0.1) is 10.5 Å². The highest BCUT2D eigenvalue weighted by Crippen LogP contribution is 2.29. The van der Waals surface area contributed by atoms with E-state index in [0.717, 1.165) is 19.5 Å². The molecule has 0 aliphatic carbocycles. The minimum Gasteiger partial charge on any atom is -0.378 e. The molecule has 2 nitrogen and oxygen atoms in total. The van der Waals surface area contributed by atoms with Gasteiger partial charge in [0.2, 0.25) is 0 Å². The van der Waals surface area contributed by atoms with Crippen LogP contribution in [0.5, 0.6) is 0 Å². The molecule has 1 unspecified atom stereocenters. The fourth-order valence-electron chi connectivity index (χ4n) is 2.79. The maximum absolute atomic E-state index is 3.73. The van der Waals surface area contributed by atoms with E-state index in [1.165, 1.54) is 25.9 Å². The largest absolute Gasteiger partial charge is 0.378 e. The molecule has 0 radical (unpaired) electrons. The molecule has 20 heavy (non-hydrogen) atoms. The lowest BCUT2D eigenvalue weighted by Crippen LogP contribution is -2.15. The van der Waals surface area contributed by atoms with Crippen LogP contribution in [0.4, 0.5) is 5.69 Å². The van der Waals surface area contributed by atoms with Crippen molar-refractivity contribution in [1.29, 1.82) is 0 Å². The lowest BCUT2D eigenvalue weighted by molar-refractivity contribution is 0.637. The van der Waals surface area contributed by atoms with Gasteiger partial charge in [-0.3, -0.25) is 0 Å². The SMILES string of the molecule is Cc1cc(I)ccc1NC1CCNCc2ccccc21. The second-order valence-electron chi connectivity index (χ2n) is 5.32. The average molecular weight is 378 g/mol. The molecule has 1 aliphatic heterocycles. The Morgan fingerprint density at radius 1 is 1.20 bits per heavy atom. The molecule has 3 rings (SSSR count). The molecule has 0 aromatic heterocycles. The minimum atomic E-state index is 0.389. The van der Waals surface area contributed by atoms with Crippen LogP contribution in [-0.4, -0.2) is 6.54 Å². The molecule has 1 heterocycles. The number of hydrogen-bond acceptors (Lipinski definition) is 2. The van der Waals surface area contributed by atoms with Gasteiger partial charge in [-0.1, -0.05) is 24.3 Å². The topological polar surface area (TPSA) is 24.1 Å². The van der Waals surface area contributed by atoms with Gasteiger partial charge in [-0.05, 0) is 77.4 Å². The number of nitrogens with one attached hydrogen (secondary N) is 2. The summed E-state index contributed by atoms with van der Waals surface area (Å²) in [7, 11) is 0. The quantitative estimate of drug-likeness (QED) is 0.764. The Bertz CT molecular complexity index is 610. The number of hydrogen-bond donors (Lipinski definition) is 2. The van der Waals surface area contributed by atoms with E-state index in [1.54, 1.807) is 0 Å². The summed E-state index contributed by atoms with van der Waals surface area (Å²) in [5, 5.41) is 7.23. The third-order valence-electron chi connectivity index (χ3n) is 3.87. The number of benzene rings is 2. The van der Waals surface area contributed by atoms with Crippen molar-refractivity contribution in [2.75, 3.05) is 11.9 Å². The van der Waals surface area contributed by atoms with Crippen molar-refractivity contribution < 1.29 is 0 Å². The molecule has 1 aliphatic rings. The summed E-state index contributed by atoms with van der Waals surface area (Å²) in [6, 6.07) is 15.7. The van der Waals surface area contributed by atoms with Crippen LogP contribution in [0.15, 0.2) is 42.5 Å². The van der Waals surface area contributed by atoms with Gasteiger partial charge in [0, 0.05) is 15.8 Å². The number of anilines is 1. The second-order valence-corrected chi connectivity index (χ2v) is 6.57. The Kier molecular flexibility index (Phi) is 4.27. The zero-order valence-electron chi connectivity index (χ0n) is 11.6. The molecule has 3 heteroatoms. The minimum absolute atomic E-state index is 0.389. The lowest BCUT2D eigenvalue weighted by atomic mass is 9.98. The average Bonchev–Trinajstić information content (AvgIpc) is 2.65. The fourth-order valence-corrected chi connectivity index (χ4v) is 3.43. The first-order valence-electron chi connectivity index (χ1n) is 7.05. The predicted octanol–water partition coefficient (Wildman–Crippen LogP) is 4.25. The van der Waals surface area contributed by atoms with Crippen molar-refractivity contribution >= 4 is 28.3 Å². The highest BCUT2D eigenvalue weighted by molar-refractivity contribution is 14.1. The van der Waals surface area contributed by atoms with Crippen LogP contribution in [0.1, 0.15) is 29.2 Å². The van der Waals surface area contributed by atoms with Crippen molar-refractivity contribution in [3.8, 4) is 0 Å². The van der Waals surface area contributed by atoms with Crippen molar-refractivity contribution in [2.24, 2.45) is 0 Å².